The molecule has 10 heteroatoms. The normalized spacial score (nSPS) is 18.3. The molecular formula is C22H23ClN4O5. The molecule has 1 saturated heterocycles. The fourth-order valence-corrected chi connectivity index (χ4v) is 4.96. The lowest BCUT2D eigenvalue weighted by Crippen LogP contribution is -2.35. The van der Waals surface area contributed by atoms with Crippen LogP contribution in [0, 0.1) is 0 Å². The summed E-state index contributed by atoms with van der Waals surface area (Å²) in [4.78, 5) is 19.8. The van der Waals surface area contributed by atoms with Crippen molar-refractivity contribution < 1.29 is 24.1 Å². The van der Waals surface area contributed by atoms with Gasteiger partial charge in [0, 0.05) is 30.6 Å². The molecule has 1 aliphatic heterocycles. The zero-order valence-electron chi connectivity index (χ0n) is 17.5. The predicted molar refractivity (Wildman–Crippen MR) is 118 cm³/mol. The molecule has 0 bridgehead atoms. The molecule has 1 amide bonds. The number of halogens is 1. The van der Waals surface area contributed by atoms with E-state index in [9.17, 15) is 4.79 Å². The number of rotatable bonds is 4. The molecule has 168 valence electrons. The number of fused-ring (bicyclic) bond motifs is 1. The van der Waals surface area contributed by atoms with Crippen molar-refractivity contribution in [1.29, 1.82) is 0 Å². The summed E-state index contributed by atoms with van der Waals surface area (Å²) >= 11 is 6.51. The molecule has 1 spiro atoms. The van der Waals surface area contributed by atoms with Crippen molar-refractivity contribution in [3.05, 3.63) is 35.9 Å². The molecule has 3 heterocycles. The Morgan fingerprint density at radius 1 is 1.28 bits per heavy atom. The van der Waals surface area contributed by atoms with Gasteiger partial charge in [-0.3, -0.25) is 5.32 Å². The molecule has 0 unspecified atom stereocenters. The van der Waals surface area contributed by atoms with Gasteiger partial charge in [-0.2, -0.15) is 0 Å². The number of ether oxygens (including phenoxy) is 3. The van der Waals surface area contributed by atoms with Crippen LogP contribution in [0.1, 0.15) is 31.7 Å². The van der Waals surface area contributed by atoms with Crippen molar-refractivity contribution in [2.24, 2.45) is 0 Å². The fraction of sp³-hybridized carbons (Fsp3) is 0.409. The summed E-state index contributed by atoms with van der Waals surface area (Å²) in [6.45, 7) is 1.30. The Balaban J connectivity index is 1.54. The number of nitrogens with one attached hydrogen (secondary N) is 1. The van der Waals surface area contributed by atoms with Gasteiger partial charge >= 0.3 is 6.09 Å². The summed E-state index contributed by atoms with van der Waals surface area (Å²) in [5, 5.41) is 12.5. The number of nitrogens with zero attached hydrogens (tertiary/aromatic N) is 3. The van der Waals surface area contributed by atoms with Gasteiger partial charge in [0.05, 0.1) is 31.4 Å². The number of hydrogen-bond donors (Lipinski definition) is 2. The van der Waals surface area contributed by atoms with Crippen LogP contribution in [0.4, 0.5) is 10.5 Å². The molecule has 9 nitrogen and oxygen atoms in total. The van der Waals surface area contributed by atoms with E-state index in [0.717, 1.165) is 47.8 Å². The maximum atomic E-state index is 11.1. The molecule has 2 aromatic heterocycles. The Bertz CT molecular complexity index is 1160. The summed E-state index contributed by atoms with van der Waals surface area (Å²) in [6, 6.07) is 5.50. The van der Waals surface area contributed by atoms with Crippen LogP contribution in [-0.2, 0) is 9.47 Å². The van der Waals surface area contributed by atoms with E-state index in [-0.39, 0.29) is 6.04 Å². The summed E-state index contributed by atoms with van der Waals surface area (Å²) in [5.41, 5.74) is 2.82. The summed E-state index contributed by atoms with van der Waals surface area (Å²) in [7, 11) is 1.50. The van der Waals surface area contributed by atoms with Crippen LogP contribution in [0.5, 0.6) is 5.75 Å². The SMILES string of the molecule is COc1cc(-c2cn(C3CCC4(CC3)OCCO4)c3ncnc(Cl)c23)ccc1NC(=O)O. The first kappa shape index (κ1) is 21.0. The van der Waals surface area contributed by atoms with Gasteiger partial charge in [-0.05, 0) is 30.5 Å². The molecule has 32 heavy (non-hydrogen) atoms. The molecule has 1 aliphatic carbocycles. The van der Waals surface area contributed by atoms with Crippen molar-refractivity contribution >= 4 is 34.4 Å². The molecule has 1 aromatic carbocycles. The second kappa shape index (κ2) is 8.23. The highest BCUT2D eigenvalue weighted by Gasteiger charge is 2.41. The molecule has 5 rings (SSSR count). The molecule has 2 aliphatic rings. The van der Waals surface area contributed by atoms with Crippen LogP contribution >= 0.6 is 11.6 Å². The van der Waals surface area contributed by atoms with E-state index >= 15 is 0 Å². The molecular weight excluding hydrogens is 436 g/mol. The zero-order valence-corrected chi connectivity index (χ0v) is 18.3. The second-order valence-electron chi connectivity index (χ2n) is 8.00. The van der Waals surface area contributed by atoms with Crippen LogP contribution in [0.15, 0.2) is 30.7 Å². The highest BCUT2D eigenvalue weighted by atomic mass is 35.5. The van der Waals surface area contributed by atoms with Crippen molar-refractivity contribution in [3.8, 4) is 16.9 Å². The topological polar surface area (TPSA) is 108 Å². The van der Waals surface area contributed by atoms with Crippen LogP contribution in [0.3, 0.4) is 0 Å². The van der Waals surface area contributed by atoms with Crippen LogP contribution in [-0.4, -0.2) is 51.8 Å². The number of methoxy groups -OCH3 is 1. The smallest absolute Gasteiger partial charge is 0.409 e. The predicted octanol–water partition coefficient (Wildman–Crippen LogP) is 4.71. The van der Waals surface area contributed by atoms with Gasteiger partial charge < -0.3 is 23.9 Å². The minimum atomic E-state index is -1.16. The maximum Gasteiger partial charge on any atom is 0.409 e. The van der Waals surface area contributed by atoms with Gasteiger partial charge in [-0.15, -0.1) is 0 Å². The molecule has 2 N–H and O–H groups in total. The largest absolute Gasteiger partial charge is 0.495 e. The van der Waals surface area contributed by atoms with E-state index < -0.39 is 11.9 Å². The zero-order chi connectivity index (χ0) is 22.3. The van der Waals surface area contributed by atoms with Gasteiger partial charge in [0.15, 0.2) is 5.79 Å². The summed E-state index contributed by atoms with van der Waals surface area (Å²) in [6.07, 6.45) is 5.81. The quantitative estimate of drug-likeness (QED) is 0.545. The Morgan fingerprint density at radius 3 is 2.72 bits per heavy atom. The maximum absolute atomic E-state index is 11.1. The lowest BCUT2D eigenvalue weighted by Gasteiger charge is -2.36. The molecule has 1 saturated carbocycles. The van der Waals surface area contributed by atoms with Crippen LogP contribution in [0.25, 0.3) is 22.2 Å². The number of benzene rings is 1. The van der Waals surface area contributed by atoms with E-state index in [2.05, 4.69) is 19.9 Å². The highest BCUT2D eigenvalue weighted by Crippen LogP contribution is 2.44. The first-order chi connectivity index (χ1) is 15.5. The Labute approximate surface area is 189 Å². The van der Waals surface area contributed by atoms with Gasteiger partial charge in [-0.25, -0.2) is 14.8 Å². The molecule has 2 fully saturated rings. The lowest BCUT2D eigenvalue weighted by molar-refractivity contribution is -0.181. The van der Waals surface area contributed by atoms with Crippen LogP contribution < -0.4 is 10.1 Å². The average Bonchev–Trinajstić information content (AvgIpc) is 3.40. The second-order valence-corrected chi connectivity index (χ2v) is 8.36. The van der Waals surface area contributed by atoms with Crippen molar-refractivity contribution in [2.45, 2.75) is 37.5 Å². The number of anilines is 1. The minimum Gasteiger partial charge on any atom is -0.495 e. The van der Waals surface area contributed by atoms with E-state index in [1.54, 1.807) is 12.1 Å². The van der Waals surface area contributed by atoms with Crippen LogP contribution in [0.2, 0.25) is 5.15 Å². The Morgan fingerprint density at radius 2 is 2.03 bits per heavy atom. The lowest BCUT2D eigenvalue weighted by atomic mass is 9.90. The van der Waals surface area contributed by atoms with Crippen molar-refractivity contribution in [3.63, 3.8) is 0 Å². The number of amides is 1. The summed E-state index contributed by atoms with van der Waals surface area (Å²) in [5.74, 6) is -0.0242. The average molecular weight is 459 g/mol. The molecule has 0 radical (unpaired) electrons. The fourth-order valence-electron chi connectivity index (χ4n) is 4.73. The van der Waals surface area contributed by atoms with E-state index in [0.29, 0.717) is 29.8 Å². The minimum absolute atomic E-state index is 0.227. The van der Waals surface area contributed by atoms with E-state index in [1.807, 2.05) is 12.3 Å². The first-order valence-corrected chi connectivity index (χ1v) is 10.8. The third kappa shape index (κ3) is 3.66. The molecule has 3 aromatic rings. The van der Waals surface area contributed by atoms with Gasteiger partial charge in [-0.1, -0.05) is 17.7 Å². The number of carbonyl (C=O) groups is 1. The van der Waals surface area contributed by atoms with Gasteiger partial charge in [0.25, 0.3) is 0 Å². The summed E-state index contributed by atoms with van der Waals surface area (Å²) < 4.78 is 19.3. The standard InChI is InChI=1S/C22H23ClN4O5/c1-30-17-10-13(2-3-16(17)26-21(28)29)15-11-27(20-18(15)19(23)24-12-25-20)14-4-6-22(7-5-14)31-8-9-32-22/h2-3,10-12,14,26H,4-9H2,1H3,(H,28,29). The third-order valence-electron chi connectivity index (χ3n) is 6.24. The van der Waals surface area contributed by atoms with Crippen molar-refractivity contribution in [2.75, 3.05) is 25.6 Å². The third-order valence-corrected chi connectivity index (χ3v) is 6.53. The van der Waals surface area contributed by atoms with Gasteiger partial charge in [0.2, 0.25) is 0 Å². The number of hydrogen-bond acceptors (Lipinski definition) is 6. The Hall–Kier alpha value is -2.88. The molecule has 0 atom stereocenters. The Kier molecular flexibility index (Phi) is 5.40. The van der Waals surface area contributed by atoms with E-state index in [4.69, 9.17) is 30.9 Å². The highest BCUT2D eigenvalue weighted by molar-refractivity contribution is 6.35. The monoisotopic (exact) mass is 458 g/mol. The van der Waals surface area contributed by atoms with E-state index in [1.165, 1.54) is 13.4 Å². The first-order valence-electron chi connectivity index (χ1n) is 10.5. The van der Waals surface area contributed by atoms with Crippen molar-refractivity contribution in [1.82, 2.24) is 14.5 Å². The van der Waals surface area contributed by atoms with Gasteiger partial charge in [0.1, 0.15) is 22.9 Å². The number of carboxylic acid groups (broad SMARTS) is 1. The number of aromatic nitrogens is 3.